The maximum atomic E-state index is 12.9. The zero-order valence-electron chi connectivity index (χ0n) is 12.9. The molecule has 20 heavy (non-hydrogen) atoms. The van der Waals surface area contributed by atoms with Gasteiger partial charge in [0, 0.05) is 17.1 Å². The maximum Gasteiger partial charge on any atom is 0.258 e. The minimum Gasteiger partial charge on any atom is -0.496 e. The van der Waals surface area contributed by atoms with Crippen LogP contribution in [-0.2, 0) is 0 Å². The van der Waals surface area contributed by atoms with Crippen molar-refractivity contribution < 1.29 is 9.53 Å². The van der Waals surface area contributed by atoms with Gasteiger partial charge in [-0.25, -0.2) is 0 Å². The molecule has 0 saturated carbocycles. The normalized spacial score (nSPS) is 13.7. The minimum absolute atomic E-state index is 0.0203. The highest BCUT2D eigenvalue weighted by molar-refractivity contribution is 6.31. The van der Waals surface area contributed by atoms with Gasteiger partial charge in [-0.2, -0.15) is 0 Å². The van der Waals surface area contributed by atoms with Crippen molar-refractivity contribution in [2.45, 2.75) is 52.6 Å². The maximum absolute atomic E-state index is 12.9. The van der Waals surface area contributed by atoms with Crippen molar-refractivity contribution in [3.63, 3.8) is 0 Å². The highest BCUT2D eigenvalue weighted by atomic mass is 35.5. The van der Waals surface area contributed by atoms with Crippen molar-refractivity contribution in [3.8, 4) is 5.75 Å². The molecule has 2 atom stereocenters. The van der Waals surface area contributed by atoms with Gasteiger partial charge >= 0.3 is 0 Å². The molecule has 1 amide bonds. The van der Waals surface area contributed by atoms with Gasteiger partial charge < -0.3 is 9.64 Å². The van der Waals surface area contributed by atoms with Gasteiger partial charge in [-0.05, 0) is 44.9 Å². The third-order valence-corrected chi connectivity index (χ3v) is 3.99. The van der Waals surface area contributed by atoms with Gasteiger partial charge in [-0.15, -0.1) is 0 Å². The summed E-state index contributed by atoms with van der Waals surface area (Å²) in [6.45, 7) is 8.31. The summed E-state index contributed by atoms with van der Waals surface area (Å²) in [4.78, 5) is 14.8. The van der Waals surface area contributed by atoms with Gasteiger partial charge in [-0.1, -0.05) is 25.4 Å². The van der Waals surface area contributed by atoms with Gasteiger partial charge in [0.15, 0.2) is 0 Å². The molecular weight excluding hydrogens is 274 g/mol. The Hall–Kier alpha value is -1.22. The fourth-order valence-corrected chi connectivity index (χ4v) is 2.39. The number of hydrogen-bond donors (Lipinski definition) is 0. The number of carbonyl (C=O) groups is 1. The Labute approximate surface area is 126 Å². The van der Waals surface area contributed by atoms with Crippen LogP contribution in [0.25, 0.3) is 0 Å². The van der Waals surface area contributed by atoms with E-state index in [1.807, 2.05) is 4.90 Å². The molecule has 0 bridgehead atoms. The number of ether oxygens (including phenoxy) is 1. The Morgan fingerprint density at radius 3 is 2.25 bits per heavy atom. The summed E-state index contributed by atoms with van der Waals surface area (Å²) in [7, 11) is 1.57. The van der Waals surface area contributed by atoms with Crippen molar-refractivity contribution in [1.29, 1.82) is 0 Å². The zero-order chi connectivity index (χ0) is 15.3. The highest BCUT2D eigenvalue weighted by Crippen LogP contribution is 2.26. The van der Waals surface area contributed by atoms with Crippen LogP contribution in [0.3, 0.4) is 0 Å². The predicted octanol–water partition coefficient (Wildman–Crippen LogP) is 4.39. The van der Waals surface area contributed by atoms with E-state index in [-0.39, 0.29) is 18.0 Å². The molecule has 0 heterocycles. The second-order valence-corrected chi connectivity index (χ2v) is 5.51. The Morgan fingerprint density at radius 1 is 1.25 bits per heavy atom. The van der Waals surface area contributed by atoms with E-state index in [4.69, 9.17) is 16.3 Å². The number of amides is 1. The molecule has 3 nitrogen and oxygen atoms in total. The van der Waals surface area contributed by atoms with Crippen molar-refractivity contribution in [2.24, 2.45) is 0 Å². The molecule has 0 saturated heterocycles. The summed E-state index contributed by atoms with van der Waals surface area (Å²) in [5, 5.41) is 0.544. The van der Waals surface area contributed by atoms with E-state index in [1.165, 1.54) is 0 Å². The third kappa shape index (κ3) is 3.66. The van der Waals surface area contributed by atoms with Gasteiger partial charge in [0.2, 0.25) is 0 Å². The number of methoxy groups -OCH3 is 1. The zero-order valence-corrected chi connectivity index (χ0v) is 13.7. The van der Waals surface area contributed by atoms with Crippen LogP contribution in [0.1, 0.15) is 50.9 Å². The average molecular weight is 298 g/mol. The number of hydrogen-bond acceptors (Lipinski definition) is 2. The quantitative estimate of drug-likeness (QED) is 0.779. The van der Waals surface area contributed by atoms with Crippen LogP contribution in [0.5, 0.6) is 5.75 Å². The van der Waals surface area contributed by atoms with Crippen LogP contribution >= 0.6 is 11.6 Å². The van der Waals surface area contributed by atoms with Gasteiger partial charge in [0.25, 0.3) is 5.91 Å². The van der Waals surface area contributed by atoms with Crippen LogP contribution in [0, 0.1) is 0 Å². The van der Waals surface area contributed by atoms with Crippen LogP contribution in [0.4, 0.5) is 0 Å². The largest absolute Gasteiger partial charge is 0.496 e. The Kier molecular flexibility index (Phi) is 6.34. The number of rotatable bonds is 6. The lowest BCUT2D eigenvalue weighted by atomic mass is 10.1. The van der Waals surface area contributed by atoms with E-state index in [2.05, 4.69) is 27.7 Å². The lowest BCUT2D eigenvalue weighted by molar-refractivity contribution is 0.0595. The Morgan fingerprint density at radius 2 is 1.80 bits per heavy atom. The molecule has 112 valence electrons. The highest BCUT2D eigenvalue weighted by Gasteiger charge is 2.26. The lowest BCUT2D eigenvalue weighted by Crippen LogP contribution is -2.44. The number of carbonyl (C=O) groups excluding carboxylic acids is 1. The second-order valence-electron chi connectivity index (χ2n) is 5.07. The molecule has 0 fully saturated rings. The van der Waals surface area contributed by atoms with E-state index in [9.17, 15) is 4.79 Å². The van der Waals surface area contributed by atoms with Crippen molar-refractivity contribution in [3.05, 3.63) is 28.8 Å². The first-order chi connectivity index (χ1) is 9.46. The van der Waals surface area contributed by atoms with E-state index in [0.717, 1.165) is 12.8 Å². The molecular formula is C16H24ClNO2. The second kappa shape index (κ2) is 7.53. The Bertz CT molecular complexity index is 452. The standard InChI is InChI=1S/C16H24ClNO2/c1-6-11(3)18(12(4)7-2)16(19)14-10-13(17)8-9-15(14)20-5/h8-12H,6-7H2,1-5H3. The third-order valence-electron chi connectivity index (χ3n) is 3.76. The van der Waals surface area contributed by atoms with Crippen molar-refractivity contribution in [2.75, 3.05) is 7.11 Å². The summed E-state index contributed by atoms with van der Waals surface area (Å²) in [5.74, 6) is 0.545. The predicted molar refractivity (Wildman–Crippen MR) is 83.7 cm³/mol. The summed E-state index contributed by atoms with van der Waals surface area (Å²) in [6, 6.07) is 5.51. The fraction of sp³-hybridized carbons (Fsp3) is 0.562. The summed E-state index contributed by atoms with van der Waals surface area (Å²) >= 11 is 6.02. The molecule has 0 aliphatic rings. The monoisotopic (exact) mass is 297 g/mol. The number of benzene rings is 1. The SMILES string of the molecule is CCC(C)N(C(=O)c1cc(Cl)ccc1OC)C(C)CC. The molecule has 0 N–H and O–H groups in total. The van der Waals surface area contributed by atoms with Crippen LogP contribution < -0.4 is 4.74 Å². The van der Waals surface area contributed by atoms with E-state index >= 15 is 0 Å². The first-order valence-electron chi connectivity index (χ1n) is 7.12. The van der Waals surface area contributed by atoms with Gasteiger partial charge in [0.05, 0.1) is 12.7 Å². The number of nitrogens with zero attached hydrogens (tertiary/aromatic N) is 1. The first kappa shape index (κ1) is 16.8. The summed E-state index contributed by atoms with van der Waals surface area (Å²) in [5.41, 5.74) is 0.528. The average Bonchev–Trinajstić information content (AvgIpc) is 2.46. The summed E-state index contributed by atoms with van der Waals surface area (Å²) in [6.07, 6.45) is 1.83. The van der Waals surface area contributed by atoms with Gasteiger partial charge in [-0.3, -0.25) is 4.79 Å². The molecule has 0 aromatic heterocycles. The molecule has 0 radical (unpaired) electrons. The van der Waals surface area contributed by atoms with Crippen molar-refractivity contribution in [1.82, 2.24) is 4.90 Å². The smallest absolute Gasteiger partial charge is 0.258 e. The molecule has 1 aromatic rings. The molecule has 0 aliphatic heterocycles. The van der Waals surface area contributed by atoms with Crippen LogP contribution in [0.15, 0.2) is 18.2 Å². The Balaban J connectivity index is 3.21. The summed E-state index contributed by atoms with van der Waals surface area (Å²) < 4.78 is 5.29. The van der Waals surface area contributed by atoms with Gasteiger partial charge in [0.1, 0.15) is 5.75 Å². The van der Waals surface area contributed by atoms with Crippen LogP contribution in [-0.4, -0.2) is 30.0 Å². The molecule has 4 heteroatoms. The number of halogens is 1. The van der Waals surface area contributed by atoms with E-state index in [0.29, 0.717) is 16.3 Å². The molecule has 1 aromatic carbocycles. The lowest BCUT2D eigenvalue weighted by Gasteiger charge is -2.34. The molecule has 0 spiro atoms. The van der Waals surface area contributed by atoms with Crippen LogP contribution in [0.2, 0.25) is 5.02 Å². The van der Waals surface area contributed by atoms with E-state index < -0.39 is 0 Å². The van der Waals surface area contributed by atoms with Crippen molar-refractivity contribution >= 4 is 17.5 Å². The molecule has 0 aliphatic carbocycles. The fourth-order valence-electron chi connectivity index (χ4n) is 2.21. The van der Waals surface area contributed by atoms with E-state index in [1.54, 1.807) is 25.3 Å². The molecule has 1 rings (SSSR count). The topological polar surface area (TPSA) is 29.5 Å². The first-order valence-corrected chi connectivity index (χ1v) is 7.50. The molecule has 2 unspecified atom stereocenters. The minimum atomic E-state index is -0.0203.